The Morgan fingerprint density at radius 1 is 1.44 bits per heavy atom. The van der Waals surface area contributed by atoms with Gasteiger partial charge in [-0.15, -0.1) is 0 Å². The predicted molar refractivity (Wildman–Crippen MR) is 69.8 cm³/mol. The van der Waals surface area contributed by atoms with Gasteiger partial charge in [-0.2, -0.15) is 0 Å². The highest BCUT2D eigenvalue weighted by Gasteiger charge is 2.30. The number of ether oxygens (including phenoxy) is 1. The number of carbonyl (C=O) groups is 1. The number of rotatable bonds is 3. The molecule has 4 heteroatoms. The number of amides is 1. The molecule has 0 radical (unpaired) electrons. The summed E-state index contributed by atoms with van der Waals surface area (Å²) in [6.07, 6.45) is -0.651. The van der Waals surface area contributed by atoms with Gasteiger partial charge in [-0.25, -0.2) is 0 Å². The van der Waals surface area contributed by atoms with Gasteiger partial charge in [0.25, 0.3) is 0 Å². The molecule has 0 bridgehead atoms. The molecule has 0 saturated heterocycles. The summed E-state index contributed by atoms with van der Waals surface area (Å²) in [7, 11) is 1.56. The van der Waals surface area contributed by atoms with E-state index >= 15 is 0 Å². The van der Waals surface area contributed by atoms with Crippen LogP contribution >= 0.6 is 0 Å². The topological polar surface area (TPSA) is 58.6 Å². The molecule has 0 saturated carbocycles. The lowest BCUT2D eigenvalue weighted by atomic mass is 9.91. The Balaban J connectivity index is 2.52. The van der Waals surface area contributed by atoms with E-state index in [4.69, 9.17) is 4.74 Å². The first-order valence-corrected chi connectivity index (χ1v) is 6.09. The highest BCUT2D eigenvalue weighted by atomic mass is 16.5. The Morgan fingerprint density at radius 2 is 2.11 bits per heavy atom. The molecule has 0 aromatic heterocycles. The third kappa shape index (κ3) is 1.91. The fourth-order valence-corrected chi connectivity index (χ4v) is 2.44. The normalized spacial score (nSPS) is 19.6. The Bertz CT molecular complexity index is 496. The number of aliphatic hydroxyl groups is 1. The van der Waals surface area contributed by atoms with Gasteiger partial charge in [0.05, 0.1) is 12.5 Å². The van der Waals surface area contributed by atoms with Crippen molar-refractivity contribution in [2.24, 2.45) is 0 Å². The molecule has 2 rings (SSSR count). The first kappa shape index (κ1) is 13.1. The van der Waals surface area contributed by atoms with E-state index in [1.165, 1.54) is 0 Å². The van der Waals surface area contributed by atoms with E-state index in [0.29, 0.717) is 0 Å². The zero-order chi connectivity index (χ0) is 13.4. The molecule has 1 aromatic rings. The molecule has 2 N–H and O–H groups in total. The maximum absolute atomic E-state index is 11.7. The van der Waals surface area contributed by atoms with Crippen molar-refractivity contribution >= 4 is 11.6 Å². The van der Waals surface area contributed by atoms with Crippen molar-refractivity contribution in [2.45, 2.75) is 32.8 Å². The lowest BCUT2D eigenvalue weighted by molar-refractivity contribution is -0.116. The Hall–Kier alpha value is -1.39. The summed E-state index contributed by atoms with van der Waals surface area (Å²) < 4.78 is 4.99. The standard InChI is InChI=1S/C14H19NO3/c1-7-8(2)13-11(9(3)14(17)15-13)5-10(7)12(16)6-18-4/h5,9,12,16H,6H2,1-4H3,(H,15,17). The smallest absolute Gasteiger partial charge is 0.231 e. The van der Waals surface area contributed by atoms with Crippen molar-refractivity contribution in [3.63, 3.8) is 0 Å². The summed E-state index contributed by atoms with van der Waals surface area (Å²) >= 11 is 0. The minimum Gasteiger partial charge on any atom is -0.386 e. The van der Waals surface area contributed by atoms with Crippen molar-refractivity contribution in [2.75, 3.05) is 19.0 Å². The van der Waals surface area contributed by atoms with Crippen LogP contribution < -0.4 is 5.32 Å². The third-order valence-electron chi connectivity index (χ3n) is 3.76. The SMILES string of the molecule is COCC(O)c1cc2c(c(C)c1C)NC(=O)C2C. The monoisotopic (exact) mass is 249 g/mol. The highest BCUT2D eigenvalue weighted by Crippen LogP contribution is 2.39. The number of fused-ring (bicyclic) bond motifs is 1. The van der Waals surface area contributed by atoms with Crippen molar-refractivity contribution in [3.8, 4) is 0 Å². The average Bonchev–Trinajstić information content (AvgIpc) is 2.61. The number of benzene rings is 1. The second-order valence-electron chi connectivity index (χ2n) is 4.86. The molecule has 0 fully saturated rings. The number of methoxy groups -OCH3 is 1. The molecule has 1 amide bonds. The minimum absolute atomic E-state index is 0.0193. The minimum atomic E-state index is -0.651. The van der Waals surface area contributed by atoms with Crippen LogP contribution in [-0.2, 0) is 9.53 Å². The average molecular weight is 249 g/mol. The largest absolute Gasteiger partial charge is 0.386 e. The molecule has 98 valence electrons. The molecule has 0 spiro atoms. The van der Waals surface area contributed by atoms with E-state index in [2.05, 4.69) is 5.32 Å². The summed E-state index contributed by atoms with van der Waals surface area (Å²) in [5, 5.41) is 13.0. The molecule has 1 heterocycles. The van der Waals surface area contributed by atoms with Crippen molar-refractivity contribution < 1.29 is 14.6 Å². The van der Waals surface area contributed by atoms with Crippen LogP contribution in [0.2, 0.25) is 0 Å². The van der Waals surface area contributed by atoms with E-state index in [0.717, 1.165) is 27.9 Å². The number of aliphatic hydroxyl groups excluding tert-OH is 1. The summed E-state index contributed by atoms with van der Waals surface area (Å²) in [5.74, 6) is -0.140. The lowest BCUT2D eigenvalue weighted by Gasteiger charge is -2.18. The first-order chi connectivity index (χ1) is 8.47. The molecule has 1 aliphatic heterocycles. The number of nitrogens with one attached hydrogen (secondary N) is 1. The van der Waals surface area contributed by atoms with Crippen LogP contribution in [0.25, 0.3) is 0 Å². The van der Waals surface area contributed by atoms with Gasteiger partial charge < -0.3 is 15.2 Å². The van der Waals surface area contributed by atoms with E-state index in [9.17, 15) is 9.90 Å². The lowest BCUT2D eigenvalue weighted by Crippen LogP contribution is -2.09. The molecule has 18 heavy (non-hydrogen) atoms. The number of carbonyl (C=O) groups excluding carboxylic acids is 1. The molecule has 4 nitrogen and oxygen atoms in total. The second-order valence-corrected chi connectivity index (χ2v) is 4.86. The van der Waals surface area contributed by atoms with Gasteiger partial charge in [-0.05, 0) is 49.1 Å². The number of anilines is 1. The Morgan fingerprint density at radius 3 is 2.72 bits per heavy atom. The molecule has 2 unspecified atom stereocenters. The fraction of sp³-hybridized carbons (Fsp3) is 0.500. The van der Waals surface area contributed by atoms with Gasteiger partial charge in [0.1, 0.15) is 6.10 Å². The van der Waals surface area contributed by atoms with Crippen molar-refractivity contribution in [1.82, 2.24) is 0 Å². The maximum Gasteiger partial charge on any atom is 0.231 e. The molecule has 1 aromatic carbocycles. The molecular formula is C14H19NO3. The van der Waals surface area contributed by atoms with Crippen LogP contribution in [0.15, 0.2) is 6.07 Å². The molecular weight excluding hydrogens is 230 g/mol. The van der Waals surface area contributed by atoms with Crippen LogP contribution in [0.4, 0.5) is 5.69 Å². The maximum atomic E-state index is 11.7. The highest BCUT2D eigenvalue weighted by molar-refractivity contribution is 6.03. The quantitative estimate of drug-likeness (QED) is 0.861. The van der Waals surface area contributed by atoms with Gasteiger partial charge in [0.15, 0.2) is 0 Å². The van der Waals surface area contributed by atoms with E-state index < -0.39 is 6.10 Å². The second kappa shape index (κ2) is 4.71. The van der Waals surface area contributed by atoms with Crippen LogP contribution in [0.1, 0.15) is 41.2 Å². The summed E-state index contributed by atoms with van der Waals surface area (Å²) in [6, 6.07) is 1.92. The number of hydrogen-bond donors (Lipinski definition) is 2. The molecule has 0 aliphatic carbocycles. The van der Waals surface area contributed by atoms with Crippen molar-refractivity contribution in [1.29, 1.82) is 0 Å². The molecule has 2 atom stereocenters. The Kier molecular flexibility index (Phi) is 3.41. The van der Waals surface area contributed by atoms with Gasteiger partial charge in [0, 0.05) is 12.8 Å². The number of hydrogen-bond acceptors (Lipinski definition) is 3. The Labute approximate surface area is 107 Å². The predicted octanol–water partition coefficient (Wildman–Crippen LogP) is 2.04. The summed E-state index contributed by atoms with van der Waals surface area (Å²) in [5.41, 5.74) is 4.74. The van der Waals surface area contributed by atoms with Gasteiger partial charge in [-0.3, -0.25) is 4.79 Å². The van der Waals surface area contributed by atoms with Crippen LogP contribution in [-0.4, -0.2) is 24.7 Å². The van der Waals surface area contributed by atoms with Gasteiger partial charge >= 0.3 is 0 Å². The summed E-state index contributed by atoms with van der Waals surface area (Å²) in [6.45, 7) is 6.06. The van der Waals surface area contributed by atoms with Crippen LogP contribution in [0.5, 0.6) is 0 Å². The fourth-order valence-electron chi connectivity index (χ4n) is 2.44. The molecule has 1 aliphatic rings. The van der Waals surface area contributed by atoms with E-state index in [1.807, 2.05) is 26.8 Å². The van der Waals surface area contributed by atoms with E-state index in [-0.39, 0.29) is 18.4 Å². The third-order valence-corrected chi connectivity index (χ3v) is 3.76. The van der Waals surface area contributed by atoms with Crippen molar-refractivity contribution in [3.05, 3.63) is 28.3 Å². The van der Waals surface area contributed by atoms with E-state index in [1.54, 1.807) is 7.11 Å². The van der Waals surface area contributed by atoms with Crippen LogP contribution in [0, 0.1) is 13.8 Å². The first-order valence-electron chi connectivity index (χ1n) is 6.09. The van der Waals surface area contributed by atoms with Gasteiger partial charge in [-0.1, -0.05) is 0 Å². The van der Waals surface area contributed by atoms with Gasteiger partial charge in [0.2, 0.25) is 5.91 Å². The zero-order valence-corrected chi connectivity index (χ0v) is 11.2. The van der Waals surface area contributed by atoms with Crippen LogP contribution in [0.3, 0.4) is 0 Å². The summed E-state index contributed by atoms with van der Waals surface area (Å²) in [4.78, 5) is 11.7. The zero-order valence-electron chi connectivity index (χ0n) is 11.2.